The largest absolute Gasteiger partial charge is 0.344 e. The molecular formula is C40H52N5O15S3+. The highest BCUT2D eigenvalue weighted by Crippen LogP contribution is 2.48. The number of imide groups is 1. The molecule has 63 heavy (non-hydrogen) atoms. The number of anilines is 1. The first-order valence-electron chi connectivity index (χ1n) is 20.0. The van der Waals surface area contributed by atoms with Gasteiger partial charge in [0.15, 0.2) is 5.71 Å². The fraction of sp³-hybridized carbons (Fsp3) is 0.500. The summed E-state index contributed by atoms with van der Waals surface area (Å²) >= 11 is 0. The van der Waals surface area contributed by atoms with Crippen LogP contribution in [0.1, 0.15) is 101 Å². The predicted octanol–water partition coefficient (Wildman–Crippen LogP) is 3.55. The molecule has 3 amide bonds. The lowest BCUT2D eigenvalue weighted by Crippen LogP contribution is -2.39. The third kappa shape index (κ3) is 12.0. The predicted molar refractivity (Wildman–Crippen MR) is 226 cm³/mol. The molecule has 3 aliphatic rings. The number of aliphatic imine (C=N–C) groups is 1. The van der Waals surface area contributed by atoms with Gasteiger partial charge in [-0.15, -0.1) is 5.06 Å². The molecule has 0 saturated carbocycles. The van der Waals surface area contributed by atoms with Gasteiger partial charge in [0.05, 0.1) is 46.1 Å². The van der Waals surface area contributed by atoms with Crippen LogP contribution in [0.2, 0.25) is 0 Å². The number of hydroxylamine groups is 4. The van der Waals surface area contributed by atoms with E-state index in [1.807, 2.05) is 32.6 Å². The summed E-state index contributed by atoms with van der Waals surface area (Å²) in [6.45, 7) is 7.77. The standard InChI is InChI=1S/C40H51N5O15S3/c1-39(2)30-24-27(38(49)42(5)59-21-8-6-7-14-36(48)60-45-34(46)17-18-35(45)47)26-43(19-10-22-61(50,51)52)37(30)41-32(39)12-9-13-33-40(3,4)29-25-28(63(56,57)58)15-16-31(29)44(33)20-11-23-62(53,54)55/h9,12-13,15-16,24-26H,6-8,10-11,14,17-23H2,1-5H3,(H2-,50,51,52,53,54,55,56,57,58)/p+1. The first-order valence-corrected chi connectivity index (χ1v) is 24.7. The molecule has 0 bridgehead atoms. The molecule has 1 aromatic heterocycles. The smallest absolute Gasteiger partial charge is 0.333 e. The maximum Gasteiger partial charge on any atom is 0.333 e. The number of nitrogens with zero attached hydrogens (tertiary/aromatic N) is 5. The van der Waals surface area contributed by atoms with Crippen molar-refractivity contribution in [2.45, 2.75) is 101 Å². The van der Waals surface area contributed by atoms with Crippen LogP contribution in [-0.4, -0.2) is 110 Å². The highest BCUT2D eigenvalue weighted by atomic mass is 32.2. The Bertz CT molecular complexity index is 2590. The van der Waals surface area contributed by atoms with Crippen LogP contribution < -0.4 is 9.47 Å². The number of fused-ring (bicyclic) bond motifs is 2. The Morgan fingerprint density at radius 1 is 0.873 bits per heavy atom. The van der Waals surface area contributed by atoms with Crippen molar-refractivity contribution >= 4 is 71.3 Å². The van der Waals surface area contributed by atoms with Gasteiger partial charge in [0.2, 0.25) is 0 Å². The van der Waals surface area contributed by atoms with Crippen LogP contribution in [0.25, 0.3) is 0 Å². The van der Waals surface area contributed by atoms with E-state index in [-0.39, 0.29) is 62.3 Å². The molecule has 23 heteroatoms. The van der Waals surface area contributed by atoms with Crippen LogP contribution in [-0.2, 0) is 71.8 Å². The number of aryl methyl sites for hydroxylation is 1. The van der Waals surface area contributed by atoms with Crippen molar-refractivity contribution in [1.29, 1.82) is 0 Å². The number of benzene rings is 1. The molecule has 1 fully saturated rings. The average Bonchev–Trinajstić information content (AvgIpc) is 3.71. The van der Waals surface area contributed by atoms with Gasteiger partial charge in [0.1, 0.15) is 6.20 Å². The number of pyridine rings is 1. The van der Waals surface area contributed by atoms with Crippen molar-refractivity contribution < 1.29 is 72.3 Å². The molecule has 0 radical (unpaired) electrons. The van der Waals surface area contributed by atoms with Crippen LogP contribution in [0.3, 0.4) is 0 Å². The van der Waals surface area contributed by atoms with Gasteiger partial charge in [-0.25, -0.2) is 14.4 Å². The molecule has 1 saturated heterocycles. The van der Waals surface area contributed by atoms with E-state index in [1.165, 1.54) is 31.4 Å². The molecule has 5 rings (SSSR count). The Balaban J connectivity index is 1.34. The Kier molecular flexibility index (Phi) is 14.9. The van der Waals surface area contributed by atoms with Gasteiger partial charge >= 0.3 is 11.8 Å². The average molecular weight is 939 g/mol. The first kappa shape index (κ1) is 49.1. The van der Waals surface area contributed by atoms with Crippen molar-refractivity contribution in [1.82, 2.24) is 10.1 Å². The fourth-order valence-electron chi connectivity index (χ4n) is 7.55. The molecule has 2 aromatic rings. The monoisotopic (exact) mass is 938 g/mol. The van der Waals surface area contributed by atoms with Gasteiger partial charge < -0.3 is 9.74 Å². The molecule has 344 valence electrons. The Morgan fingerprint density at radius 3 is 2.16 bits per heavy atom. The summed E-state index contributed by atoms with van der Waals surface area (Å²) in [7, 11) is -11.7. The van der Waals surface area contributed by atoms with E-state index in [1.54, 1.807) is 28.9 Å². The molecule has 0 spiro atoms. The minimum Gasteiger partial charge on any atom is -0.344 e. The summed E-state index contributed by atoms with van der Waals surface area (Å²) in [6.07, 6.45) is 8.10. The second-order valence-corrected chi connectivity index (χ2v) is 21.0. The minimum atomic E-state index is -4.54. The van der Waals surface area contributed by atoms with E-state index in [0.717, 1.165) is 5.06 Å². The van der Waals surface area contributed by atoms with Gasteiger partial charge in [0, 0.05) is 56.1 Å². The summed E-state index contributed by atoms with van der Waals surface area (Å²) in [4.78, 5) is 66.1. The van der Waals surface area contributed by atoms with Gasteiger partial charge in [0.25, 0.3) is 48.1 Å². The van der Waals surface area contributed by atoms with E-state index >= 15 is 0 Å². The van der Waals surface area contributed by atoms with Crippen molar-refractivity contribution in [2.24, 2.45) is 4.99 Å². The van der Waals surface area contributed by atoms with Crippen LogP contribution in [0.4, 0.5) is 11.5 Å². The number of aromatic nitrogens is 1. The lowest BCUT2D eigenvalue weighted by Gasteiger charge is -2.27. The molecule has 4 heterocycles. The highest BCUT2D eigenvalue weighted by molar-refractivity contribution is 7.86. The summed E-state index contributed by atoms with van der Waals surface area (Å²) in [5, 5.41) is 1.55. The number of amides is 3. The number of unbranched alkanes of at least 4 members (excludes halogenated alkanes) is 2. The molecule has 20 nitrogen and oxygen atoms in total. The van der Waals surface area contributed by atoms with E-state index in [9.17, 15) is 58.1 Å². The van der Waals surface area contributed by atoms with Crippen LogP contribution >= 0.6 is 0 Å². The number of allylic oxidation sites excluding steroid dienone is 4. The van der Waals surface area contributed by atoms with Gasteiger partial charge in [-0.05, 0) is 80.1 Å². The SMILES string of the molecule is CN(OCCCCCC(=O)ON1C(=O)CCC1=O)C(=O)c1cc2c([n+](CCCS(=O)(=O)O)c1)N=C(/C=C/C=C1/N(CCCS(=O)(=O)O)c3ccc(S(=O)(=O)O)cc3C1(C)C)C2(C)C. The number of carbonyl (C=O) groups excluding carboxylic acids is 4. The first-order chi connectivity index (χ1) is 29.2. The summed E-state index contributed by atoms with van der Waals surface area (Å²) in [5.41, 5.74) is 1.49. The normalized spacial score (nSPS) is 17.7. The second kappa shape index (κ2) is 19.1. The topological polar surface area (TPSA) is 276 Å². The fourth-order valence-corrected chi connectivity index (χ4v) is 9.05. The summed E-state index contributed by atoms with van der Waals surface area (Å²) in [5.74, 6) is -2.97. The lowest BCUT2D eigenvalue weighted by molar-refractivity contribution is -0.684. The molecule has 1 aromatic carbocycles. The maximum absolute atomic E-state index is 13.7. The van der Waals surface area contributed by atoms with E-state index in [4.69, 9.17) is 14.7 Å². The zero-order valence-electron chi connectivity index (χ0n) is 35.5. The van der Waals surface area contributed by atoms with Gasteiger partial charge in [-0.1, -0.05) is 26.3 Å². The zero-order chi connectivity index (χ0) is 46.7. The zero-order valence-corrected chi connectivity index (χ0v) is 38.0. The molecule has 0 atom stereocenters. The summed E-state index contributed by atoms with van der Waals surface area (Å²) < 4.78 is 101. The number of carbonyl (C=O) groups is 4. The third-order valence-corrected chi connectivity index (χ3v) is 13.4. The Labute approximate surface area is 366 Å². The molecule has 0 aliphatic carbocycles. The van der Waals surface area contributed by atoms with Crippen molar-refractivity contribution in [3.05, 3.63) is 71.1 Å². The van der Waals surface area contributed by atoms with Crippen molar-refractivity contribution in [3.8, 4) is 0 Å². The molecule has 0 unspecified atom stereocenters. The lowest BCUT2D eigenvalue weighted by atomic mass is 9.81. The Morgan fingerprint density at radius 2 is 1.52 bits per heavy atom. The maximum atomic E-state index is 13.7. The number of hydrogen-bond acceptors (Lipinski definition) is 14. The van der Waals surface area contributed by atoms with Crippen molar-refractivity contribution in [3.63, 3.8) is 0 Å². The minimum absolute atomic E-state index is 0.00401. The number of hydrogen-bond donors (Lipinski definition) is 3. The molecule has 3 aliphatic heterocycles. The second-order valence-electron chi connectivity index (χ2n) is 16.4. The molecule has 3 N–H and O–H groups in total. The van der Waals surface area contributed by atoms with Crippen LogP contribution in [0, 0.1) is 0 Å². The van der Waals surface area contributed by atoms with Crippen molar-refractivity contribution in [2.75, 3.05) is 36.6 Å². The van der Waals surface area contributed by atoms with E-state index < -0.39 is 76.4 Å². The van der Waals surface area contributed by atoms with E-state index in [2.05, 4.69) is 0 Å². The number of rotatable bonds is 20. The van der Waals surface area contributed by atoms with Gasteiger partial charge in [-0.2, -0.15) is 25.3 Å². The molecular weight excluding hydrogens is 887 g/mol. The summed E-state index contributed by atoms with van der Waals surface area (Å²) in [6, 6.07) is 5.80. The quantitative estimate of drug-likeness (QED) is 0.0563. The van der Waals surface area contributed by atoms with Crippen LogP contribution in [0.15, 0.2) is 64.3 Å². The highest BCUT2D eigenvalue weighted by Gasteiger charge is 2.44. The Hall–Kier alpha value is -4.91. The third-order valence-electron chi connectivity index (χ3n) is 10.9. The van der Waals surface area contributed by atoms with Crippen LogP contribution in [0.5, 0.6) is 0 Å². The van der Waals surface area contributed by atoms with E-state index in [0.29, 0.717) is 58.4 Å². The van der Waals surface area contributed by atoms with Gasteiger partial charge in [-0.3, -0.25) is 32.9 Å².